The monoisotopic (exact) mass is 344 g/mol. The van der Waals surface area contributed by atoms with Gasteiger partial charge in [0.05, 0.1) is 12.4 Å². The van der Waals surface area contributed by atoms with E-state index in [0.717, 1.165) is 25.7 Å². The lowest BCUT2D eigenvalue weighted by atomic mass is 10.1. The number of thioether (sulfide) groups is 1. The number of aliphatic carboxylic acids is 1. The number of nitrogens with zero attached hydrogens (tertiary/aromatic N) is 2. The number of halogens is 1. The Morgan fingerprint density at radius 1 is 1.17 bits per heavy atom. The number of amides is 2. The van der Waals surface area contributed by atoms with Crippen LogP contribution in [-0.2, 0) is 14.4 Å². The molecule has 2 aliphatic heterocycles. The van der Waals surface area contributed by atoms with Crippen molar-refractivity contribution in [3.05, 3.63) is 0 Å². The van der Waals surface area contributed by atoms with Gasteiger partial charge in [0.15, 0.2) is 0 Å². The number of alkyl halides is 1. The van der Waals surface area contributed by atoms with E-state index in [0.29, 0.717) is 11.6 Å². The van der Waals surface area contributed by atoms with Gasteiger partial charge in [0.1, 0.15) is 6.04 Å². The predicted octanol–water partition coefficient (Wildman–Crippen LogP) is 1.10. The first-order valence-electron chi connectivity index (χ1n) is 8.02. The van der Waals surface area contributed by atoms with Crippen LogP contribution >= 0.6 is 11.8 Å². The smallest absolute Gasteiger partial charge is 0.343 e. The van der Waals surface area contributed by atoms with Gasteiger partial charge in [-0.3, -0.25) is 9.59 Å². The highest BCUT2D eigenvalue weighted by molar-refractivity contribution is 7.99. The number of carbonyl (C=O) groups excluding carboxylic acids is 2. The molecule has 1 saturated carbocycles. The fourth-order valence-electron chi connectivity index (χ4n) is 3.62. The highest BCUT2D eigenvalue weighted by Crippen LogP contribution is 2.33. The molecule has 0 radical (unpaired) electrons. The number of hydrogen-bond acceptors (Lipinski definition) is 4. The van der Waals surface area contributed by atoms with E-state index in [9.17, 15) is 18.8 Å². The van der Waals surface area contributed by atoms with Crippen LogP contribution in [0.5, 0.6) is 0 Å². The summed E-state index contributed by atoms with van der Waals surface area (Å²) in [7, 11) is 0. The molecule has 0 aromatic heterocycles. The predicted molar refractivity (Wildman–Crippen MR) is 82.6 cm³/mol. The SMILES string of the molecule is O=C(C1CSCN1C(=O)C1CCCC1)N1CCC(F)(C(=O)O)C1. The molecule has 8 heteroatoms. The van der Waals surface area contributed by atoms with E-state index in [2.05, 4.69) is 0 Å². The summed E-state index contributed by atoms with van der Waals surface area (Å²) in [5.41, 5.74) is -2.36. The maximum absolute atomic E-state index is 14.2. The second-order valence-corrected chi connectivity index (χ2v) is 7.59. The molecule has 3 aliphatic rings. The van der Waals surface area contributed by atoms with E-state index in [-0.39, 0.29) is 30.7 Å². The second kappa shape index (κ2) is 6.30. The minimum atomic E-state index is -2.36. The molecular weight excluding hydrogens is 323 g/mol. The standard InChI is InChI=1S/C15H21FN2O4S/c16-15(14(21)22)5-6-17(8-15)13(20)11-7-23-9-18(11)12(19)10-3-1-2-4-10/h10-11H,1-9H2,(H,21,22). The van der Waals surface area contributed by atoms with Crippen molar-refractivity contribution >= 4 is 29.5 Å². The van der Waals surface area contributed by atoms with Gasteiger partial charge in [-0.1, -0.05) is 12.8 Å². The molecule has 2 heterocycles. The molecule has 3 rings (SSSR count). The van der Waals surface area contributed by atoms with Crippen LogP contribution in [0.25, 0.3) is 0 Å². The average molecular weight is 344 g/mol. The normalized spacial score (nSPS) is 31.8. The van der Waals surface area contributed by atoms with Crippen molar-refractivity contribution in [2.75, 3.05) is 24.7 Å². The molecule has 2 atom stereocenters. The van der Waals surface area contributed by atoms with E-state index in [1.165, 1.54) is 16.7 Å². The average Bonchev–Trinajstić information content (AvgIpc) is 3.26. The molecule has 2 saturated heterocycles. The Labute approximate surface area is 138 Å². The van der Waals surface area contributed by atoms with Gasteiger partial charge >= 0.3 is 5.97 Å². The van der Waals surface area contributed by atoms with Crippen molar-refractivity contribution in [2.45, 2.75) is 43.8 Å². The van der Waals surface area contributed by atoms with Gasteiger partial charge in [0, 0.05) is 24.6 Å². The van der Waals surface area contributed by atoms with Crippen molar-refractivity contribution in [3.63, 3.8) is 0 Å². The lowest BCUT2D eigenvalue weighted by Gasteiger charge is -2.29. The first-order chi connectivity index (χ1) is 10.9. The molecule has 0 spiro atoms. The number of carbonyl (C=O) groups is 3. The van der Waals surface area contributed by atoms with Crippen molar-refractivity contribution in [1.29, 1.82) is 0 Å². The van der Waals surface area contributed by atoms with Crippen molar-refractivity contribution in [3.8, 4) is 0 Å². The van der Waals surface area contributed by atoms with Gasteiger partial charge in [-0.05, 0) is 12.8 Å². The maximum atomic E-state index is 14.2. The van der Waals surface area contributed by atoms with Crippen molar-refractivity contribution in [1.82, 2.24) is 9.80 Å². The maximum Gasteiger partial charge on any atom is 0.343 e. The Kier molecular flexibility index (Phi) is 4.53. The minimum absolute atomic E-state index is 0.00173. The number of carboxylic acid groups (broad SMARTS) is 1. The third-order valence-corrected chi connectivity index (χ3v) is 6.08. The number of hydrogen-bond donors (Lipinski definition) is 1. The molecule has 0 aromatic rings. The summed E-state index contributed by atoms with van der Waals surface area (Å²) in [5, 5.41) is 8.94. The highest BCUT2D eigenvalue weighted by atomic mass is 32.2. The Morgan fingerprint density at radius 2 is 1.87 bits per heavy atom. The fourth-order valence-corrected chi connectivity index (χ4v) is 4.77. The minimum Gasteiger partial charge on any atom is -0.479 e. The summed E-state index contributed by atoms with van der Waals surface area (Å²) in [6.07, 6.45) is 3.65. The zero-order valence-corrected chi connectivity index (χ0v) is 13.7. The summed E-state index contributed by atoms with van der Waals surface area (Å²) in [6.45, 7) is -0.331. The Hall–Kier alpha value is -1.31. The Balaban J connectivity index is 1.67. The van der Waals surface area contributed by atoms with Crippen molar-refractivity contribution < 1.29 is 23.9 Å². The molecule has 3 fully saturated rings. The van der Waals surface area contributed by atoms with Crippen LogP contribution in [0.4, 0.5) is 4.39 Å². The van der Waals surface area contributed by atoms with Gasteiger partial charge in [-0.2, -0.15) is 0 Å². The van der Waals surface area contributed by atoms with Gasteiger partial charge in [-0.25, -0.2) is 9.18 Å². The van der Waals surface area contributed by atoms with Crippen LogP contribution in [0.3, 0.4) is 0 Å². The molecule has 0 bridgehead atoms. The molecule has 6 nitrogen and oxygen atoms in total. The zero-order chi connectivity index (χ0) is 16.6. The van der Waals surface area contributed by atoms with E-state index in [1.54, 1.807) is 4.90 Å². The lowest BCUT2D eigenvalue weighted by molar-refractivity contribution is -0.151. The first-order valence-corrected chi connectivity index (χ1v) is 9.17. The molecule has 128 valence electrons. The van der Waals surface area contributed by atoms with Crippen LogP contribution in [0.1, 0.15) is 32.1 Å². The number of likely N-dealkylation sites (tertiary alicyclic amines) is 1. The topological polar surface area (TPSA) is 77.9 Å². The van der Waals surface area contributed by atoms with Gasteiger partial charge < -0.3 is 14.9 Å². The third-order valence-electron chi connectivity index (χ3n) is 5.07. The van der Waals surface area contributed by atoms with Crippen LogP contribution in [0.15, 0.2) is 0 Å². The van der Waals surface area contributed by atoms with Crippen molar-refractivity contribution in [2.24, 2.45) is 5.92 Å². The summed E-state index contributed by atoms with van der Waals surface area (Å²) >= 11 is 1.52. The van der Waals surface area contributed by atoms with E-state index in [1.807, 2.05) is 0 Å². The summed E-state index contributed by atoms with van der Waals surface area (Å²) in [6, 6.07) is -0.579. The highest BCUT2D eigenvalue weighted by Gasteiger charge is 2.49. The summed E-state index contributed by atoms with van der Waals surface area (Å²) in [4.78, 5) is 39.1. The number of carboxylic acids is 1. The fraction of sp³-hybridized carbons (Fsp3) is 0.800. The molecule has 1 N–H and O–H groups in total. The van der Waals surface area contributed by atoms with Crippen LogP contribution in [0.2, 0.25) is 0 Å². The Bertz CT molecular complexity index is 526. The zero-order valence-electron chi connectivity index (χ0n) is 12.9. The molecule has 2 amide bonds. The largest absolute Gasteiger partial charge is 0.479 e. The molecule has 1 aliphatic carbocycles. The van der Waals surface area contributed by atoms with Crippen LogP contribution in [-0.4, -0.2) is 69.1 Å². The van der Waals surface area contributed by atoms with E-state index >= 15 is 0 Å². The second-order valence-electron chi connectivity index (χ2n) is 6.59. The van der Waals surface area contributed by atoms with E-state index in [4.69, 9.17) is 5.11 Å². The first kappa shape index (κ1) is 16.5. The van der Waals surface area contributed by atoms with Gasteiger partial charge in [-0.15, -0.1) is 11.8 Å². The molecule has 23 heavy (non-hydrogen) atoms. The summed E-state index contributed by atoms with van der Waals surface area (Å²) < 4.78 is 14.2. The quantitative estimate of drug-likeness (QED) is 0.830. The third kappa shape index (κ3) is 3.05. The van der Waals surface area contributed by atoms with Gasteiger partial charge in [0.2, 0.25) is 17.5 Å². The molecule has 0 aromatic carbocycles. The number of rotatable bonds is 3. The molecular formula is C15H21FN2O4S. The lowest BCUT2D eigenvalue weighted by Crippen LogP contribution is -2.50. The van der Waals surface area contributed by atoms with Gasteiger partial charge in [0.25, 0.3) is 0 Å². The van der Waals surface area contributed by atoms with Crippen LogP contribution in [0, 0.1) is 5.92 Å². The van der Waals surface area contributed by atoms with Crippen LogP contribution < -0.4 is 0 Å². The molecule has 2 unspecified atom stereocenters. The summed E-state index contributed by atoms with van der Waals surface area (Å²) in [5.74, 6) is -0.828. The van der Waals surface area contributed by atoms with E-state index < -0.39 is 24.2 Å². The Morgan fingerprint density at radius 3 is 2.48 bits per heavy atom.